The standard InChI is InChI=1S/C16H21F14NO4S2/c1-2-3-4-5-6-7-8-9-10-31(36(32,33)15(27,28)11(17,18)13(21,22)23)37(34,35)16(29,30)12(19,20)14(24,25)26/h2-10H2,1H3. The minimum absolute atomic E-state index is 0.0398. The molecule has 0 unspecified atom stereocenters. The van der Waals surface area contributed by atoms with E-state index in [9.17, 15) is 78.3 Å². The zero-order valence-corrected chi connectivity index (χ0v) is 20.2. The predicted octanol–water partition coefficient (Wildman–Crippen LogP) is 6.67. The van der Waals surface area contributed by atoms with Crippen molar-refractivity contribution < 1.29 is 78.3 Å². The van der Waals surface area contributed by atoms with Crippen molar-refractivity contribution in [3.8, 4) is 0 Å². The fourth-order valence-electron chi connectivity index (χ4n) is 2.65. The molecule has 0 N–H and O–H groups in total. The van der Waals surface area contributed by atoms with E-state index < -0.39 is 77.9 Å². The fraction of sp³-hybridized carbons (Fsp3) is 1.00. The molecule has 0 aromatic heterocycles. The Morgan fingerprint density at radius 3 is 1.03 bits per heavy atom. The van der Waals surface area contributed by atoms with Gasteiger partial charge in [0.05, 0.1) is 0 Å². The van der Waals surface area contributed by atoms with Gasteiger partial charge in [0.25, 0.3) is 20.0 Å². The molecule has 0 rings (SSSR count). The zero-order valence-electron chi connectivity index (χ0n) is 18.6. The molecule has 37 heavy (non-hydrogen) atoms. The van der Waals surface area contributed by atoms with Crippen LogP contribution in [0.5, 0.6) is 0 Å². The van der Waals surface area contributed by atoms with Crippen molar-refractivity contribution in [2.45, 2.75) is 93.0 Å². The predicted molar refractivity (Wildman–Crippen MR) is 99.1 cm³/mol. The fourth-order valence-corrected chi connectivity index (χ4v) is 6.38. The summed E-state index contributed by atoms with van der Waals surface area (Å²) in [6.07, 6.45) is -13.7. The minimum atomic E-state index is -8.23. The van der Waals surface area contributed by atoms with Gasteiger partial charge in [-0.1, -0.05) is 55.6 Å². The Bertz CT molecular complexity index is 891. The largest absolute Gasteiger partial charge is 0.461 e. The molecule has 0 aromatic rings. The first kappa shape index (κ1) is 35.9. The molecule has 0 bridgehead atoms. The van der Waals surface area contributed by atoms with Gasteiger partial charge in [-0.25, -0.2) is 16.8 Å². The highest BCUT2D eigenvalue weighted by molar-refractivity contribution is 8.05. The quantitative estimate of drug-likeness (QED) is 0.151. The molecule has 0 saturated carbocycles. The Morgan fingerprint density at radius 2 is 0.757 bits per heavy atom. The normalized spacial score (nSPS) is 15.5. The van der Waals surface area contributed by atoms with Crippen LogP contribution in [0.4, 0.5) is 61.5 Å². The van der Waals surface area contributed by atoms with Crippen LogP contribution in [-0.2, 0) is 20.0 Å². The van der Waals surface area contributed by atoms with E-state index in [4.69, 9.17) is 0 Å². The first-order valence-corrected chi connectivity index (χ1v) is 13.0. The molecule has 0 atom stereocenters. The monoisotopic (exact) mass is 621 g/mol. The summed E-state index contributed by atoms with van der Waals surface area (Å²) in [5, 5.41) is -15.3. The summed E-state index contributed by atoms with van der Waals surface area (Å²) in [6, 6.07) is 0. The third-order valence-corrected chi connectivity index (χ3v) is 9.25. The van der Waals surface area contributed by atoms with Crippen molar-refractivity contribution >= 4 is 20.0 Å². The Morgan fingerprint density at radius 1 is 0.486 bits per heavy atom. The molecule has 0 aliphatic carbocycles. The topological polar surface area (TPSA) is 71.5 Å². The number of halogens is 14. The lowest BCUT2D eigenvalue weighted by Crippen LogP contribution is -2.65. The van der Waals surface area contributed by atoms with Gasteiger partial charge in [-0.05, 0) is 6.42 Å². The maximum atomic E-state index is 13.9. The van der Waals surface area contributed by atoms with E-state index in [0.717, 1.165) is 12.8 Å². The van der Waals surface area contributed by atoms with E-state index in [1.165, 1.54) is 0 Å². The second-order valence-corrected chi connectivity index (χ2v) is 11.7. The Kier molecular flexibility index (Phi) is 11.2. The highest BCUT2D eigenvalue weighted by Gasteiger charge is 2.84. The number of sulfonamides is 2. The molecule has 21 heteroatoms. The minimum Gasteiger partial charge on any atom is -0.205 e. The van der Waals surface area contributed by atoms with E-state index in [2.05, 4.69) is 0 Å². The molecule has 0 radical (unpaired) electrons. The van der Waals surface area contributed by atoms with Crippen LogP contribution in [0.1, 0.15) is 58.3 Å². The summed E-state index contributed by atoms with van der Waals surface area (Å²) in [7, 11) is -16.5. The van der Waals surface area contributed by atoms with Crippen LogP contribution in [0.3, 0.4) is 0 Å². The van der Waals surface area contributed by atoms with Crippen molar-refractivity contribution in [3.63, 3.8) is 0 Å². The molecule has 0 fully saturated rings. The molecule has 0 heterocycles. The first-order valence-electron chi connectivity index (χ1n) is 10.1. The summed E-state index contributed by atoms with van der Waals surface area (Å²) < 4.78 is 228. The summed E-state index contributed by atoms with van der Waals surface area (Å²) in [5.41, 5.74) is 0. The van der Waals surface area contributed by atoms with Gasteiger partial charge in [0.2, 0.25) is 0 Å². The second-order valence-electron chi connectivity index (χ2n) is 7.66. The van der Waals surface area contributed by atoms with Crippen molar-refractivity contribution in [2.75, 3.05) is 6.54 Å². The molecule has 0 aliphatic rings. The average Bonchev–Trinajstić information content (AvgIpc) is 2.69. The molecule has 0 spiro atoms. The summed E-state index contributed by atoms with van der Waals surface area (Å²) in [6.45, 7) is -0.543. The van der Waals surface area contributed by atoms with Gasteiger partial charge in [0.1, 0.15) is 0 Å². The molecule has 0 aromatic carbocycles. The van der Waals surface area contributed by atoms with Crippen molar-refractivity contribution in [1.82, 2.24) is 3.71 Å². The third-order valence-electron chi connectivity index (χ3n) is 4.82. The van der Waals surface area contributed by atoms with E-state index >= 15 is 0 Å². The maximum absolute atomic E-state index is 13.9. The van der Waals surface area contributed by atoms with Gasteiger partial charge < -0.3 is 0 Å². The van der Waals surface area contributed by atoms with Crippen LogP contribution >= 0.6 is 0 Å². The van der Waals surface area contributed by atoms with Crippen LogP contribution in [0, 0.1) is 0 Å². The number of rotatable bonds is 15. The molecule has 5 nitrogen and oxygen atoms in total. The highest BCUT2D eigenvalue weighted by Crippen LogP contribution is 2.54. The molecule has 0 aliphatic heterocycles. The third kappa shape index (κ3) is 6.73. The van der Waals surface area contributed by atoms with Gasteiger partial charge in [0, 0.05) is 6.54 Å². The lowest BCUT2D eigenvalue weighted by atomic mass is 10.1. The molecule has 0 amide bonds. The van der Waals surface area contributed by atoms with Crippen molar-refractivity contribution in [3.05, 3.63) is 0 Å². The van der Waals surface area contributed by atoms with E-state index in [1.807, 2.05) is 6.92 Å². The van der Waals surface area contributed by atoms with Gasteiger partial charge >= 0.3 is 34.7 Å². The van der Waals surface area contributed by atoms with Crippen molar-refractivity contribution in [2.24, 2.45) is 0 Å². The van der Waals surface area contributed by atoms with Gasteiger partial charge in [0.15, 0.2) is 0 Å². The van der Waals surface area contributed by atoms with Gasteiger partial charge in [-0.15, -0.1) is 0 Å². The van der Waals surface area contributed by atoms with E-state index in [-0.39, 0.29) is 12.8 Å². The lowest BCUT2D eigenvalue weighted by molar-refractivity contribution is -0.333. The van der Waals surface area contributed by atoms with Gasteiger partial charge in [-0.3, -0.25) is 0 Å². The Balaban J connectivity index is 6.58. The van der Waals surface area contributed by atoms with Crippen LogP contribution in [0.25, 0.3) is 0 Å². The number of nitrogens with zero attached hydrogens (tertiary/aromatic N) is 1. The SMILES string of the molecule is CCCCCCCCCCN(S(=O)(=O)C(F)(F)C(F)(F)C(F)(F)F)S(=O)(=O)C(F)(F)C(F)(F)C(F)(F)F. The maximum Gasteiger partial charge on any atom is 0.461 e. The summed E-state index contributed by atoms with van der Waals surface area (Å²) in [4.78, 5) is 0. The number of alkyl halides is 14. The molecular weight excluding hydrogens is 600 g/mol. The van der Waals surface area contributed by atoms with E-state index in [1.54, 1.807) is 0 Å². The van der Waals surface area contributed by atoms with Crippen LogP contribution in [0.2, 0.25) is 0 Å². The molecule has 0 saturated heterocycles. The van der Waals surface area contributed by atoms with Crippen LogP contribution < -0.4 is 0 Å². The van der Waals surface area contributed by atoms with E-state index in [0.29, 0.717) is 12.8 Å². The highest BCUT2D eigenvalue weighted by atomic mass is 32.3. The molecular formula is C16H21F14NO4S2. The molecule has 224 valence electrons. The zero-order chi connectivity index (χ0) is 29.9. The van der Waals surface area contributed by atoms with Gasteiger partial charge in [-0.2, -0.15) is 61.5 Å². The first-order chi connectivity index (χ1) is 16.2. The lowest BCUT2D eigenvalue weighted by Gasteiger charge is -2.35. The second kappa shape index (κ2) is 11.5. The Hall–Kier alpha value is -1.12. The summed E-state index contributed by atoms with van der Waals surface area (Å²) in [5.74, 6) is -15.4. The number of unbranched alkanes of at least 4 members (excludes halogenated alkanes) is 7. The number of hydrogen-bond acceptors (Lipinski definition) is 4. The average molecular weight is 621 g/mol. The Labute approximate surface area is 202 Å². The smallest absolute Gasteiger partial charge is 0.205 e. The summed E-state index contributed by atoms with van der Waals surface area (Å²) >= 11 is 0. The number of hydrogen-bond donors (Lipinski definition) is 0. The van der Waals surface area contributed by atoms with Crippen LogP contribution in [-0.4, -0.2) is 61.8 Å². The van der Waals surface area contributed by atoms with Crippen molar-refractivity contribution in [1.29, 1.82) is 0 Å². The van der Waals surface area contributed by atoms with Crippen LogP contribution in [0.15, 0.2) is 0 Å².